The predicted octanol–water partition coefficient (Wildman–Crippen LogP) is 2.61. The molecule has 2 aromatic carbocycles. The first-order chi connectivity index (χ1) is 14.0. The number of hydrogen-bond acceptors (Lipinski definition) is 5. The van der Waals surface area contributed by atoms with E-state index in [9.17, 15) is 4.79 Å². The standard InChI is InChI=1S/C22H28N6O/c1-17(2)27(3)15-21-24-25-26-28(21)16-22(29)23-20(19-12-8-5-9-13-19)14-18-10-6-4-7-11-18/h4-13,17,20H,14-16H2,1-3H3,(H,23,29). The van der Waals surface area contributed by atoms with E-state index in [4.69, 9.17) is 0 Å². The van der Waals surface area contributed by atoms with Gasteiger partial charge in [0, 0.05) is 6.04 Å². The van der Waals surface area contributed by atoms with Crippen LogP contribution in [0.4, 0.5) is 0 Å². The van der Waals surface area contributed by atoms with Crippen LogP contribution in [0.1, 0.15) is 36.8 Å². The number of nitrogens with zero attached hydrogens (tertiary/aromatic N) is 5. The average Bonchev–Trinajstić information content (AvgIpc) is 3.15. The minimum atomic E-state index is -0.121. The maximum atomic E-state index is 12.8. The molecule has 0 aliphatic carbocycles. The van der Waals surface area contributed by atoms with E-state index >= 15 is 0 Å². The molecule has 0 saturated carbocycles. The van der Waals surface area contributed by atoms with Gasteiger partial charge in [0.25, 0.3) is 0 Å². The summed E-state index contributed by atoms with van der Waals surface area (Å²) in [7, 11) is 2.01. The molecule has 7 nitrogen and oxygen atoms in total. The molecule has 3 aromatic rings. The summed E-state index contributed by atoms with van der Waals surface area (Å²) in [6.45, 7) is 4.89. The molecule has 152 valence electrons. The molecule has 0 radical (unpaired) electrons. The first-order valence-corrected chi connectivity index (χ1v) is 9.86. The van der Waals surface area contributed by atoms with Gasteiger partial charge in [-0.25, -0.2) is 4.68 Å². The molecule has 1 heterocycles. The molecule has 0 fully saturated rings. The van der Waals surface area contributed by atoms with Crippen LogP contribution in [0.15, 0.2) is 60.7 Å². The fourth-order valence-corrected chi connectivity index (χ4v) is 3.03. The van der Waals surface area contributed by atoms with Crippen LogP contribution in [0.25, 0.3) is 0 Å². The number of nitrogens with one attached hydrogen (secondary N) is 1. The fraction of sp³-hybridized carbons (Fsp3) is 0.364. The number of amides is 1. The molecule has 0 spiro atoms. The number of benzene rings is 2. The summed E-state index contributed by atoms with van der Waals surface area (Å²) in [5, 5.41) is 15.0. The van der Waals surface area contributed by atoms with Crippen molar-refractivity contribution in [3.8, 4) is 0 Å². The number of carbonyl (C=O) groups is 1. The molecule has 1 atom stereocenters. The summed E-state index contributed by atoms with van der Waals surface area (Å²) < 4.78 is 1.57. The van der Waals surface area contributed by atoms with E-state index in [0.29, 0.717) is 18.4 Å². The molecular formula is C22H28N6O. The van der Waals surface area contributed by atoms with Crippen LogP contribution in [0.2, 0.25) is 0 Å². The maximum absolute atomic E-state index is 12.8. The third-order valence-corrected chi connectivity index (χ3v) is 4.99. The van der Waals surface area contributed by atoms with Gasteiger partial charge >= 0.3 is 0 Å². The second kappa shape index (κ2) is 9.93. The topological polar surface area (TPSA) is 75.9 Å². The third kappa shape index (κ3) is 5.96. The van der Waals surface area contributed by atoms with Crippen LogP contribution in [0.3, 0.4) is 0 Å². The Kier molecular flexibility index (Phi) is 7.08. The second-order valence-corrected chi connectivity index (χ2v) is 7.48. The number of carbonyl (C=O) groups excluding carboxylic acids is 1. The van der Waals surface area contributed by atoms with Crippen molar-refractivity contribution in [3.05, 3.63) is 77.6 Å². The van der Waals surface area contributed by atoms with Crippen molar-refractivity contribution in [2.24, 2.45) is 0 Å². The summed E-state index contributed by atoms with van der Waals surface area (Å²) in [4.78, 5) is 14.9. The van der Waals surface area contributed by atoms with Crippen molar-refractivity contribution in [1.82, 2.24) is 30.4 Å². The zero-order valence-corrected chi connectivity index (χ0v) is 17.2. The molecule has 0 bridgehead atoms. The van der Waals surface area contributed by atoms with Gasteiger partial charge in [0.2, 0.25) is 5.91 Å². The van der Waals surface area contributed by atoms with Gasteiger partial charge in [-0.1, -0.05) is 60.7 Å². The maximum Gasteiger partial charge on any atom is 0.242 e. The molecule has 7 heteroatoms. The summed E-state index contributed by atoms with van der Waals surface area (Å²) >= 11 is 0. The van der Waals surface area contributed by atoms with Gasteiger partial charge < -0.3 is 5.32 Å². The van der Waals surface area contributed by atoms with Crippen molar-refractivity contribution in [2.45, 2.75) is 45.4 Å². The first kappa shape index (κ1) is 20.7. The number of hydrogen-bond donors (Lipinski definition) is 1. The van der Waals surface area contributed by atoms with Crippen LogP contribution in [0, 0.1) is 0 Å². The fourth-order valence-electron chi connectivity index (χ4n) is 3.03. The molecule has 1 N–H and O–H groups in total. The lowest BCUT2D eigenvalue weighted by atomic mass is 9.99. The zero-order valence-electron chi connectivity index (χ0n) is 17.2. The summed E-state index contributed by atoms with van der Waals surface area (Å²) in [5.74, 6) is 0.561. The lowest BCUT2D eigenvalue weighted by Crippen LogP contribution is -2.34. The van der Waals surface area contributed by atoms with E-state index in [-0.39, 0.29) is 18.5 Å². The Morgan fingerprint density at radius 3 is 2.38 bits per heavy atom. The molecule has 1 amide bonds. The van der Waals surface area contributed by atoms with Crippen LogP contribution >= 0.6 is 0 Å². The van der Waals surface area contributed by atoms with Crippen LogP contribution in [-0.4, -0.2) is 44.1 Å². The van der Waals surface area contributed by atoms with Crippen LogP contribution < -0.4 is 5.32 Å². The van der Waals surface area contributed by atoms with Gasteiger partial charge in [-0.05, 0) is 48.9 Å². The zero-order chi connectivity index (χ0) is 20.6. The van der Waals surface area contributed by atoms with E-state index in [1.807, 2.05) is 55.6 Å². The highest BCUT2D eigenvalue weighted by Crippen LogP contribution is 2.18. The van der Waals surface area contributed by atoms with Crippen LogP contribution in [-0.2, 0) is 24.3 Å². The lowest BCUT2D eigenvalue weighted by Gasteiger charge is -2.21. The van der Waals surface area contributed by atoms with Gasteiger partial charge in [-0.2, -0.15) is 0 Å². The van der Waals surface area contributed by atoms with Gasteiger partial charge in [0.1, 0.15) is 6.54 Å². The van der Waals surface area contributed by atoms with Gasteiger partial charge in [-0.15, -0.1) is 5.10 Å². The molecule has 0 saturated heterocycles. The smallest absolute Gasteiger partial charge is 0.242 e. The number of rotatable bonds is 9. The van der Waals surface area contributed by atoms with E-state index in [1.54, 1.807) is 4.68 Å². The summed E-state index contributed by atoms with van der Waals surface area (Å²) in [5.41, 5.74) is 2.24. The molecule has 1 aromatic heterocycles. The minimum Gasteiger partial charge on any atom is -0.347 e. The Morgan fingerprint density at radius 2 is 1.72 bits per heavy atom. The average molecular weight is 393 g/mol. The molecule has 1 unspecified atom stereocenters. The third-order valence-electron chi connectivity index (χ3n) is 4.99. The normalized spacial score (nSPS) is 12.3. The largest absolute Gasteiger partial charge is 0.347 e. The van der Waals surface area contributed by atoms with E-state index in [1.165, 1.54) is 5.56 Å². The molecule has 29 heavy (non-hydrogen) atoms. The van der Waals surface area contributed by atoms with Crippen molar-refractivity contribution < 1.29 is 4.79 Å². The van der Waals surface area contributed by atoms with E-state index in [0.717, 1.165) is 12.0 Å². The lowest BCUT2D eigenvalue weighted by molar-refractivity contribution is -0.122. The highest BCUT2D eigenvalue weighted by atomic mass is 16.2. The Balaban J connectivity index is 1.70. The Labute approximate surface area is 171 Å². The van der Waals surface area contributed by atoms with Gasteiger partial charge in [0.05, 0.1) is 12.6 Å². The number of aromatic nitrogens is 4. The molecule has 0 aliphatic heterocycles. The minimum absolute atomic E-state index is 0.0897. The Morgan fingerprint density at radius 1 is 1.07 bits per heavy atom. The first-order valence-electron chi connectivity index (χ1n) is 9.86. The highest BCUT2D eigenvalue weighted by Gasteiger charge is 2.18. The Bertz CT molecular complexity index is 894. The van der Waals surface area contributed by atoms with Crippen LogP contribution in [0.5, 0.6) is 0 Å². The summed E-state index contributed by atoms with van der Waals surface area (Å²) in [6.07, 6.45) is 0.717. The highest BCUT2D eigenvalue weighted by molar-refractivity contribution is 5.76. The quantitative estimate of drug-likeness (QED) is 0.606. The number of tetrazole rings is 1. The van der Waals surface area contributed by atoms with Crippen molar-refractivity contribution in [2.75, 3.05) is 7.05 Å². The molecular weight excluding hydrogens is 364 g/mol. The van der Waals surface area contributed by atoms with E-state index in [2.05, 4.69) is 51.7 Å². The Hall–Kier alpha value is -3.06. The molecule has 0 aliphatic rings. The van der Waals surface area contributed by atoms with Gasteiger partial charge in [0.15, 0.2) is 5.82 Å². The summed E-state index contributed by atoms with van der Waals surface area (Å²) in [6, 6.07) is 20.4. The van der Waals surface area contributed by atoms with Crippen molar-refractivity contribution in [1.29, 1.82) is 0 Å². The van der Waals surface area contributed by atoms with Crippen molar-refractivity contribution in [3.63, 3.8) is 0 Å². The van der Waals surface area contributed by atoms with Gasteiger partial charge in [-0.3, -0.25) is 9.69 Å². The van der Waals surface area contributed by atoms with Crippen molar-refractivity contribution >= 4 is 5.91 Å². The predicted molar refractivity (Wildman–Crippen MR) is 112 cm³/mol. The second-order valence-electron chi connectivity index (χ2n) is 7.48. The molecule has 3 rings (SSSR count). The SMILES string of the molecule is CC(C)N(C)Cc1nnnn1CC(=O)NC(Cc1ccccc1)c1ccccc1. The monoisotopic (exact) mass is 392 g/mol. The van der Waals surface area contributed by atoms with E-state index < -0.39 is 0 Å².